The van der Waals surface area contributed by atoms with E-state index in [0.29, 0.717) is 0 Å². The molecule has 116 valence electrons. The summed E-state index contributed by atoms with van der Waals surface area (Å²) in [5, 5.41) is 12.3. The van der Waals surface area contributed by atoms with E-state index in [9.17, 15) is 0 Å². The maximum absolute atomic E-state index is 4.38. The maximum Gasteiger partial charge on any atom is 0.163 e. The zero-order chi connectivity index (χ0) is 15.8. The molecule has 0 saturated heterocycles. The van der Waals surface area contributed by atoms with Crippen LogP contribution in [0.1, 0.15) is 12.5 Å². The van der Waals surface area contributed by atoms with Crippen molar-refractivity contribution in [1.29, 1.82) is 0 Å². The number of hydrogen-bond acceptors (Lipinski definition) is 5. The first-order chi connectivity index (χ1) is 11.2. The van der Waals surface area contributed by atoms with Crippen LogP contribution in [0.2, 0.25) is 0 Å². The van der Waals surface area contributed by atoms with E-state index in [1.165, 1.54) is 15.6 Å². The molecule has 0 fully saturated rings. The van der Waals surface area contributed by atoms with E-state index in [1.807, 2.05) is 13.2 Å². The number of benzene rings is 1. The van der Waals surface area contributed by atoms with Crippen molar-refractivity contribution in [2.75, 3.05) is 5.32 Å². The van der Waals surface area contributed by atoms with Crippen LogP contribution in [0.4, 0.5) is 5.82 Å². The molecular weight excluding hydrogens is 306 g/mol. The predicted octanol–water partition coefficient (Wildman–Crippen LogP) is 3.62. The fourth-order valence-electron chi connectivity index (χ4n) is 2.88. The van der Waals surface area contributed by atoms with Crippen molar-refractivity contribution in [3.8, 4) is 0 Å². The molecule has 4 aromatic rings. The second-order valence-electron chi connectivity index (χ2n) is 5.73. The predicted molar refractivity (Wildman–Crippen MR) is 94.9 cm³/mol. The Balaban J connectivity index is 1.59. The fraction of sp³-hybridized carbons (Fsp3) is 0.235. The minimum atomic E-state index is 0.270. The zero-order valence-corrected chi connectivity index (χ0v) is 13.8. The minimum Gasteiger partial charge on any atom is -0.367 e. The molecule has 6 heteroatoms. The van der Waals surface area contributed by atoms with Crippen molar-refractivity contribution in [2.45, 2.75) is 19.4 Å². The van der Waals surface area contributed by atoms with E-state index < -0.39 is 0 Å². The lowest BCUT2D eigenvalue weighted by Gasteiger charge is -2.14. The van der Waals surface area contributed by atoms with Gasteiger partial charge in [0.15, 0.2) is 5.65 Å². The zero-order valence-electron chi connectivity index (χ0n) is 13.0. The van der Waals surface area contributed by atoms with E-state index in [4.69, 9.17) is 0 Å². The SMILES string of the molecule is CC(Cc1csc2ccccc12)Nc1ncnc2c1cnn2C. The van der Waals surface area contributed by atoms with E-state index in [-0.39, 0.29) is 6.04 Å². The van der Waals surface area contributed by atoms with Crippen LogP contribution in [0.15, 0.2) is 42.2 Å². The van der Waals surface area contributed by atoms with Crippen LogP contribution in [0.25, 0.3) is 21.1 Å². The van der Waals surface area contributed by atoms with Crippen LogP contribution in [-0.4, -0.2) is 25.8 Å². The van der Waals surface area contributed by atoms with Gasteiger partial charge in [-0.05, 0) is 35.7 Å². The van der Waals surface area contributed by atoms with Crippen molar-refractivity contribution in [2.24, 2.45) is 7.05 Å². The average molecular weight is 323 g/mol. The molecule has 0 spiro atoms. The van der Waals surface area contributed by atoms with E-state index in [1.54, 1.807) is 22.3 Å². The first-order valence-electron chi connectivity index (χ1n) is 7.56. The van der Waals surface area contributed by atoms with E-state index in [2.05, 4.69) is 57.0 Å². The number of fused-ring (bicyclic) bond motifs is 2. The van der Waals surface area contributed by atoms with Crippen LogP contribution in [0.5, 0.6) is 0 Å². The fourth-order valence-corrected chi connectivity index (χ4v) is 3.86. The highest BCUT2D eigenvalue weighted by atomic mass is 32.1. The number of aryl methyl sites for hydroxylation is 1. The number of aromatic nitrogens is 4. The van der Waals surface area contributed by atoms with Gasteiger partial charge in [-0.2, -0.15) is 5.10 Å². The summed E-state index contributed by atoms with van der Waals surface area (Å²) in [6.45, 7) is 2.18. The molecule has 0 bridgehead atoms. The molecule has 23 heavy (non-hydrogen) atoms. The number of hydrogen-bond donors (Lipinski definition) is 1. The van der Waals surface area contributed by atoms with Gasteiger partial charge in [-0.25, -0.2) is 9.97 Å². The molecule has 1 atom stereocenters. The molecule has 0 saturated carbocycles. The molecular formula is C17H17N5S. The highest BCUT2D eigenvalue weighted by Crippen LogP contribution is 2.27. The van der Waals surface area contributed by atoms with Crippen LogP contribution in [0.3, 0.4) is 0 Å². The lowest BCUT2D eigenvalue weighted by molar-refractivity contribution is 0.782. The molecule has 0 aliphatic rings. The van der Waals surface area contributed by atoms with E-state index in [0.717, 1.165) is 23.3 Å². The van der Waals surface area contributed by atoms with Crippen molar-refractivity contribution >= 4 is 38.3 Å². The highest BCUT2D eigenvalue weighted by molar-refractivity contribution is 7.17. The molecule has 1 unspecified atom stereocenters. The number of rotatable bonds is 4. The Bertz CT molecular complexity index is 971. The van der Waals surface area contributed by atoms with Crippen LogP contribution < -0.4 is 5.32 Å². The second kappa shape index (κ2) is 5.62. The van der Waals surface area contributed by atoms with Crippen LogP contribution in [-0.2, 0) is 13.5 Å². The molecule has 1 N–H and O–H groups in total. The number of anilines is 1. The third kappa shape index (κ3) is 2.55. The molecule has 5 nitrogen and oxygen atoms in total. The standard InChI is InChI=1S/C17H17N5S/c1-11(7-12-9-23-15-6-4-3-5-13(12)15)21-16-14-8-20-22(2)17(14)19-10-18-16/h3-6,8-11H,7H2,1-2H3,(H,18,19,21). The monoisotopic (exact) mass is 323 g/mol. The van der Waals surface area contributed by atoms with Crippen molar-refractivity contribution in [3.63, 3.8) is 0 Å². The summed E-state index contributed by atoms with van der Waals surface area (Å²) in [6.07, 6.45) is 4.35. The second-order valence-corrected chi connectivity index (χ2v) is 6.65. The molecule has 0 amide bonds. The normalized spacial score (nSPS) is 12.8. The summed E-state index contributed by atoms with van der Waals surface area (Å²) in [7, 11) is 1.89. The lowest BCUT2D eigenvalue weighted by Crippen LogP contribution is -2.19. The van der Waals surface area contributed by atoms with Gasteiger partial charge in [-0.3, -0.25) is 4.68 Å². The summed E-state index contributed by atoms with van der Waals surface area (Å²) in [4.78, 5) is 8.66. The van der Waals surface area contributed by atoms with Gasteiger partial charge in [-0.15, -0.1) is 11.3 Å². The Kier molecular flexibility index (Phi) is 3.46. The first kappa shape index (κ1) is 14.1. The maximum atomic E-state index is 4.38. The van der Waals surface area contributed by atoms with Gasteiger partial charge in [0, 0.05) is 17.8 Å². The molecule has 1 aromatic carbocycles. The third-order valence-electron chi connectivity index (χ3n) is 4.00. The van der Waals surface area contributed by atoms with Crippen LogP contribution >= 0.6 is 11.3 Å². The van der Waals surface area contributed by atoms with Crippen LogP contribution in [0, 0.1) is 0 Å². The van der Waals surface area contributed by atoms with Crippen molar-refractivity contribution in [1.82, 2.24) is 19.7 Å². The largest absolute Gasteiger partial charge is 0.367 e. The van der Waals surface area contributed by atoms with Gasteiger partial charge >= 0.3 is 0 Å². The quantitative estimate of drug-likeness (QED) is 0.623. The Morgan fingerprint density at radius 3 is 3.00 bits per heavy atom. The summed E-state index contributed by atoms with van der Waals surface area (Å²) in [6, 6.07) is 8.82. The van der Waals surface area contributed by atoms with Gasteiger partial charge in [0.1, 0.15) is 12.1 Å². The van der Waals surface area contributed by atoms with E-state index >= 15 is 0 Å². The summed E-state index contributed by atoms with van der Waals surface area (Å²) in [5.74, 6) is 0.843. The summed E-state index contributed by atoms with van der Waals surface area (Å²) < 4.78 is 3.10. The average Bonchev–Trinajstić information content (AvgIpc) is 3.13. The number of nitrogens with one attached hydrogen (secondary N) is 1. The Morgan fingerprint density at radius 2 is 2.09 bits per heavy atom. The topological polar surface area (TPSA) is 55.6 Å². The number of thiophene rings is 1. The minimum absolute atomic E-state index is 0.270. The van der Waals surface area contributed by atoms with Gasteiger partial charge in [-0.1, -0.05) is 18.2 Å². The molecule has 4 rings (SSSR count). The summed E-state index contributed by atoms with van der Waals surface area (Å²) >= 11 is 1.80. The molecule has 3 aromatic heterocycles. The molecule has 0 aliphatic heterocycles. The Labute approximate surface area is 138 Å². The smallest absolute Gasteiger partial charge is 0.163 e. The Morgan fingerprint density at radius 1 is 1.22 bits per heavy atom. The molecule has 3 heterocycles. The van der Waals surface area contributed by atoms with Gasteiger partial charge < -0.3 is 5.32 Å². The number of nitrogens with zero attached hydrogens (tertiary/aromatic N) is 4. The summed E-state index contributed by atoms with van der Waals surface area (Å²) in [5.41, 5.74) is 2.22. The van der Waals surface area contributed by atoms with Crippen molar-refractivity contribution < 1.29 is 0 Å². The van der Waals surface area contributed by atoms with Crippen molar-refractivity contribution in [3.05, 3.63) is 47.7 Å². The highest BCUT2D eigenvalue weighted by Gasteiger charge is 2.12. The third-order valence-corrected chi connectivity index (χ3v) is 5.01. The van der Waals surface area contributed by atoms with Gasteiger partial charge in [0.2, 0.25) is 0 Å². The van der Waals surface area contributed by atoms with Gasteiger partial charge in [0.25, 0.3) is 0 Å². The molecule has 0 aliphatic carbocycles. The Hall–Kier alpha value is -2.47. The molecule has 0 radical (unpaired) electrons. The lowest BCUT2D eigenvalue weighted by atomic mass is 10.1. The van der Waals surface area contributed by atoms with Gasteiger partial charge in [0.05, 0.1) is 11.6 Å². The first-order valence-corrected chi connectivity index (χ1v) is 8.44.